The molecule has 0 bridgehead atoms. The van der Waals surface area contributed by atoms with Crippen molar-refractivity contribution >= 4 is 0 Å². The summed E-state index contributed by atoms with van der Waals surface area (Å²) in [6.45, 7) is 8.62. The summed E-state index contributed by atoms with van der Waals surface area (Å²) in [4.78, 5) is 0. The smallest absolute Gasteiger partial charge is 0.0224 e. The molecule has 0 amide bonds. The van der Waals surface area contributed by atoms with Gasteiger partial charge in [-0.15, -0.1) is 6.58 Å². The lowest BCUT2D eigenvalue weighted by atomic mass is 10.3. The second-order valence-corrected chi connectivity index (χ2v) is 2.01. The monoisotopic (exact) mass is 125 g/mol. The fourth-order valence-corrected chi connectivity index (χ4v) is 0.626. The number of hydrogen-bond acceptors (Lipinski definition) is 1. The third-order valence-corrected chi connectivity index (χ3v) is 1.07. The highest BCUT2D eigenvalue weighted by atomic mass is 14.9. The second-order valence-electron chi connectivity index (χ2n) is 2.01. The molecular formula is C8H15N. The molecule has 0 aromatic heterocycles. The van der Waals surface area contributed by atoms with E-state index in [1.807, 2.05) is 19.1 Å². The average Bonchev–Trinajstić information content (AvgIpc) is 1.85. The lowest BCUT2D eigenvalue weighted by Gasteiger charge is -2.04. The minimum absolute atomic E-state index is 0.466. The number of rotatable bonds is 4. The van der Waals surface area contributed by atoms with Crippen molar-refractivity contribution in [1.29, 1.82) is 0 Å². The second kappa shape index (κ2) is 5.57. The summed E-state index contributed by atoms with van der Waals surface area (Å²) in [6.07, 6.45) is 6.02. The molecule has 0 aliphatic heterocycles. The van der Waals surface area contributed by atoms with Crippen LogP contribution < -0.4 is 5.32 Å². The maximum Gasteiger partial charge on any atom is 0.0224 e. The number of allylic oxidation sites excluding steroid dienone is 1. The van der Waals surface area contributed by atoms with Gasteiger partial charge >= 0.3 is 0 Å². The first-order valence-electron chi connectivity index (χ1n) is 3.28. The highest BCUT2D eigenvalue weighted by Crippen LogP contribution is 1.82. The van der Waals surface area contributed by atoms with Gasteiger partial charge in [0.2, 0.25) is 0 Å². The van der Waals surface area contributed by atoms with E-state index in [1.54, 1.807) is 0 Å². The molecule has 0 aliphatic rings. The van der Waals surface area contributed by atoms with E-state index in [4.69, 9.17) is 0 Å². The molecule has 0 fully saturated rings. The van der Waals surface area contributed by atoms with Crippen LogP contribution in [0, 0.1) is 0 Å². The van der Waals surface area contributed by atoms with Crippen molar-refractivity contribution in [1.82, 2.24) is 5.32 Å². The Kier molecular flexibility index (Phi) is 5.23. The fourth-order valence-electron chi connectivity index (χ4n) is 0.626. The maximum atomic E-state index is 3.61. The maximum absolute atomic E-state index is 3.61. The van der Waals surface area contributed by atoms with E-state index in [0.29, 0.717) is 6.04 Å². The Labute approximate surface area is 57.5 Å². The van der Waals surface area contributed by atoms with Gasteiger partial charge in [0.05, 0.1) is 0 Å². The summed E-state index contributed by atoms with van der Waals surface area (Å²) >= 11 is 0. The Morgan fingerprint density at radius 3 is 2.78 bits per heavy atom. The van der Waals surface area contributed by atoms with Crippen LogP contribution in [-0.2, 0) is 0 Å². The van der Waals surface area contributed by atoms with Crippen LogP contribution in [0.4, 0.5) is 0 Å². The zero-order valence-electron chi connectivity index (χ0n) is 6.22. The molecule has 1 N–H and O–H groups in total. The first kappa shape index (κ1) is 8.44. The van der Waals surface area contributed by atoms with Gasteiger partial charge in [-0.25, -0.2) is 0 Å². The van der Waals surface area contributed by atoms with Crippen LogP contribution in [-0.4, -0.2) is 12.6 Å². The van der Waals surface area contributed by atoms with Crippen molar-refractivity contribution in [3.05, 3.63) is 24.8 Å². The normalized spacial score (nSPS) is 14.0. The molecule has 1 nitrogen and oxygen atoms in total. The van der Waals surface area contributed by atoms with E-state index in [2.05, 4.69) is 24.9 Å². The molecular weight excluding hydrogens is 110 g/mol. The molecule has 0 saturated heterocycles. The molecule has 1 atom stereocenters. The van der Waals surface area contributed by atoms with E-state index < -0.39 is 0 Å². The van der Waals surface area contributed by atoms with E-state index in [0.717, 1.165) is 6.54 Å². The molecule has 0 aliphatic carbocycles. The van der Waals surface area contributed by atoms with Crippen LogP contribution >= 0.6 is 0 Å². The lowest BCUT2D eigenvalue weighted by molar-refractivity contribution is 0.685. The van der Waals surface area contributed by atoms with Crippen molar-refractivity contribution < 1.29 is 0 Å². The topological polar surface area (TPSA) is 12.0 Å². The molecule has 0 aromatic carbocycles. The molecule has 1 unspecified atom stereocenters. The van der Waals surface area contributed by atoms with E-state index in [1.165, 1.54) is 0 Å². The molecule has 0 spiro atoms. The van der Waals surface area contributed by atoms with Gasteiger partial charge < -0.3 is 5.32 Å². The van der Waals surface area contributed by atoms with Crippen LogP contribution in [0.5, 0.6) is 0 Å². The van der Waals surface area contributed by atoms with Gasteiger partial charge in [-0.05, 0) is 13.8 Å². The van der Waals surface area contributed by atoms with Crippen LogP contribution in [0.1, 0.15) is 13.8 Å². The molecule has 52 valence electrons. The molecule has 0 aromatic rings. The average molecular weight is 125 g/mol. The highest BCUT2D eigenvalue weighted by Gasteiger charge is 1.88. The third kappa shape index (κ3) is 5.31. The molecule has 1 heteroatoms. The summed E-state index contributed by atoms with van der Waals surface area (Å²) in [5, 5.41) is 3.23. The Morgan fingerprint density at radius 2 is 2.33 bits per heavy atom. The Hall–Kier alpha value is -0.560. The van der Waals surface area contributed by atoms with Crippen LogP contribution in [0.3, 0.4) is 0 Å². The quantitative estimate of drug-likeness (QED) is 0.564. The van der Waals surface area contributed by atoms with Gasteiger partial charge in [-0.2, -0.15) is 0 Å². The summed E-state index contributed by atoms with van der Waals surface area (Å²) in [7, 11) is 0. The number of nitrogens with one attached hydrogen (secondary N) is 1. The predicted octanol–water partition coefficient (Wildman–Crippen LogP) is 1.73. The van der Waals surface area contributed by atoms with E-state index in [9.17, 15) is 0 Å². The summed E-state index contributed by atoms with van der Waals surface area (Å²) in [5.41, 5.74) is 0. The highest BCUT2D eigenvalue weighted by molar-refractivity contribution is 4.89. The minimum atomic E-state index is 0.466. The summed E-state index contributed by atoms with van der Waals surface area (Å²) in [6, 6.07) is 0.466. The van der Waals surface area contributed by atoms with E-state index in [-0.39, 0.29) is 0 Å². The van der Waals surface area contributed by atoms with Crippen molar-refractivity contribution in [3.63, 3.8) is 0 Å². The van der Waals surface area contributed by atoms with Crippen molar-refractivity contribution in [2.45, 2.75) is 19.9 Å². The van der Waals surface area contributed by atoms with Gasteiger partial charge in [0.1, 0.15) is 0 Å². The molecule has 0 radical (unpaired) electrons. The van der Waals surface area contributed by atoms with Crippen molar-refractivity contribution in [3.8, 4) is 0 Å². The van der Waals surface area contributed by atoms with Gasteiger partial charge in [0.15, 0.2) is 0 Å². The fraction of sp³-hybridized carbons (Fsp3) is 0.500. The molecule has 0 heterocycles. The zero-order valence-corrected chi connectivity index (χ0v) is 6.22. The van der Waals surface area contributed by atoms with Gasteiger partial charge in [-0.1, -0.05) is 18.2 Å². The molecule has 0 saturated carbocycles. The Bertz CT molecular complexity index is 94.7. The summed E-state index contributed by atoms with van der Waals surface area (Å²) in [5.74, 6) is 0. The molecule has 9 heavy (non-hydrogen) atoms. The summed E-state index contributed by atoms with van der Waals surface area (Å²) < 4.78 is 0. The standard InChI is InChI=1S/C8H15N/c1-4-6-8(3)9-7-5-2/h4-6,8-9H,2,7H2,1,3H3/b6-4-. The Balaban J connectivity index is 3.25. The van der Waals surface area contributed by atoms with Crippen LogP contribution in [0.25, 0.3) is 0 Å². The van der Waals surface area contributed by atoms with Gasteiger partial charge in [-0.3, -0.25) is 0 Å². The first-order chi connectivity index (χ1) is 4.31. The van der Waals surface area contributed by atoms with Crippen LogP contribution in [0.2, 0.25) is 0 Å². The van der Waals surface area contributed by atoms with Gasteiger partial charge in [0, 0.05) is 12.6 Å². The lowest BCUT2D eigenvalue weighted by Crippen LogP contribution is -2.23. The minimum Gasteiger partial charge on any atom is -0.307 e. The van der Waals surface area contributed by atoms with E-state index >= 15 is 0 Å². The van der Waals surface area contributed by atoms with Crippen molar-refractivity contribution in [2.24, 2.45) is 0 Å². The number of hydrogen-bond donors (Lipinski definition) is 1. The first-order valence-corrected chi connectivity index (χ1v) is 3.28. The van der Waals surface area contributed by atoms with Gasteiger partial charge in [0.25, 0.3) is 0 Å². The predicted molar refractivity (Wildman–Crippen MR) is 42.5 cm³/mol. The third-order valence-electron chi connectivity index (χ3n) is 1.07. The Morgan fingerprint density at radius 1 is 1.67 bits per heavy atom. The largest absolute Gasteiger partial charge is 0.307 e. The zero-order chi connectivity index (χ0) is 7.11. The SMILES string of the molecule is C=CCNC(C)/C=C\C. The van der Waals surface area contributed by atoms with Crippen molar-refractivity contribution in [2.75, 3.05) is 6.54 Å². The van der Waals surface area contributed by atoms with Crippen LogP contribution in [0.15, 0.2) is 24.8 Å². The molecule has 0 rings (SSSR count).